The highest BCUT2D eigenvalue weighted by Crippen LogP contribution is 2.39. The zero-order valence-electron chi connectivity index (χ0n) is 10.4. The van der Waals surface area contributed by atoms with Gasteiger partial charge in [-0.1, -0.05) is 12.1 Å². The molecule has 0 bridgehead atoms. The maximum atomic E-state index is 11.7. The summed E-state index contributed by atoms with van der Waals surface area (Å²) in [5, 5.41) is 8.75. The lowest BCUT2D eigenvalue weighted by molar-refractivity contribution is -0.154. The number of nitrogens with zero attached hydrogens (tertiary/aromatic N) is 2. The predicted molar refractivity (Wildman–Crippen MR) is 65.1 cm³/mol. The van der Waals surface area contributed by atoms with Crippen LogP contribution in [0.3, 0.4) is 0 Å². The monoisotopic (exact) mass is 228 g/mol. The first-order valence-corrected chi connectivity index (χ1v) is 5.75. The first kappa shape index (κ1) is 11.7. The molecule has 1 heterocycles. The average Bonchev–Trinajstić information content (AvgIpc) is 2.23. The molecule has 0 radical (unpaired) electrons. The molecule has 3 heteroatoms. The Labute approximate surface area is 102 Å². The molecule has 1 aliphatic rings. The fraction of sp³-hybridized carbons (Fsp3) is 0.429. The van der Waals surface area contributed by atoms with Crippen LogP contribution < -0.4 is 0 Å². The van der Waals surface area contributed by atoms with Gasteiger partial charge in [-0.2, -0.15) is 5.26 Å². The Morgan fingerprint density at radius 2 is 1.88 bits per heavy atom. The number of rotatable bonds is 1. The van der Waals surface area contributed by atoms with Crippen LogP contribution in [0.5, 0.6) is 0 Å². The van der Waals surface area contributed by atoms with Crippen molar-refractivity contribution < 1.29 is 4.79 Å². The minimum absolute atomic E-state index is 0.145. The largest absolute Gasteiger partial charge is 0.330 e. The first-order valence-electron chi connectivity index (χ1n) is 5.75. The third-order valence-electron chi connectivity index (χ3n) is 3.10. The second-order valence-corrected chi connectivity index (χ2v) is 5.39. The molecule has 0 aromatic heterocycles. The molecule has 88 valence electrons. The van der Waals surface area contributed by atoms with Gasteiger partial charge in [0.2, 0.25) is 5.91 Å². The molecule has 17 heavy (non-hydrogen) atoms. The maximum Gasteiger partial charge on any atom is 0.225 e. The summed E-state index contributed by atoms with van der Waals surface area (Å²) in [5.41, 5.74) is 1.62. The molecule has 1 aromatic carbocycles. The summed E-state index contributed by atoms with van der Waals surface area (Å²) in [5.74, 6) is 0.201. The van der Waals surface area contributed by atoms with Gasteiger partial charge in [-0.15, -0.1) is 0 Å². The van der Waals surface area contributed by atoms with E-state index in [2.05, 4.69) is 6.07 Å². The van der Waals surface area contributed by atoms with E-state index in [0.717, 1.165) is 5.56 Å². The molecule has 1 saturated heterocycles. The molecule has 1 aromatic rings. The topological polar surface area (TPSA) is 44.1 Å². The van der Waals surface area contributed by atoms with Crippen LogP contribution >= 0.6 is 0 Å². The fourth-order valence-electron chi connectivity index (χ4n) is 2.30. The molecule has 0 saturated carbocycles. The number of β-lactam (4-membered cyclic amide) rings is 1. The molecule has 0 unspecified atom stereocenters. The number of hydrogen-bond acceptors (Lipinski definition) is 2. The van der Waals surface area contributed by atoms with Crippen LogP contribution in [0, 0.1) is 11.3 Å². The van der Waals surface area contributed by atoms with E-state index < -0.39 is 0 Å². The van der Waals surface area contributed by atoms with Crippen LogP contribution in [0.25, 0.3) is 0 Å². The summed E-state index contributed by atoms with van der Waals surface area (Å²) < 4.78 is 0. The van der Waals surface area contributed by atoms with E-state index in [1.54, 1.807) is 12.1 Å². The Kier molecular flexibility index (Phi) is 2.66. The Morgan fingerprint density at radius 3 is 2.29 bits per heavy atom. The Morgan fingerprint density at radius 1 is 1.29 bits per heavy atom. The van der Waals surface area contributed by atoms with Crippen molar-refractivity contribution in [1.29, 1.82) is 5.26 Å². The second-order valence-electron chi connectivity index (χ2n) is 5.39. The van der Waals surface area contributed by atoms with Gasteiger partial charge in [-0.05, 0) is 38.5 Å². The van der Waals surface area contributed by atoms with Crippen molar-refractivity contribution >= 4 is 5.91 Å². The van der Waals surface area contributed by atoms with Gasteiger partial charge >= 0.3 is 0 Å². The van der Waals surface area contributed by atoms with Crippen molar-refractivity contribution in [2.24, 2.45) is 0 Å². The minimum Gasteiger partial charge on any atom is -0.330 e. The number of benzene rings is 1. The molecular formula is C14H16N2O. The predicted octanol–water partition coefficient (Wildman–Crippen LogP) is 2.63. The summed E-state index contributed by atoms with van der Waals surface area (Å²) in [6.45, 7) is 6.13. The van der Waals surface area contributed by atoms with Gasteiger partial charge in [0, 0.05) is 5.54 Å². The lowest BCUT2D eigenvalue weighted by Gasteiger charge is -2.49. The summed E-state index contributed by atoms with van der Waals surface area (Å²) in [7, 11) is 0. The Bertz CT molecular complexity index is 476. The Hall–Kier alpha value is -1.82. The number of hydrogen-bond donors (Lipinski definition) is 0. The van der Waals surface area contributed by atoms with Gasteiger partial charge in [0.15, 0.2) is 0 Å². The number of carbonyl (C=O) groups is 1. The maximum absolute atomic E-state index is 11.7. The van der Waals surface area contributed by atoms with E-state index in [1.165, 1.54) is 0 Å². The molecule has 1 amide bonds. The lowest BCUT2D eigenvalue weighted by Crippen LogP contribution is -2.56. The van der Waals surface area contributed by atoms with E-state index in [0.29, 0.717) is 12.0 Å². The average molecular weight is 228 g/mol. The zero-order chi connectivity index (χ0) is 12.6. The van der Waals surface area contributed by atoms with E-state index >= 15 is 0 Å². The molecule has 1 atom stereocenters. The molecule has 3 nitrogen and oxygen atoms in total. The number of carbonyl (C=O) groups excluding carboxylic acids is 1. The van der Waals surface area contributed by atoms with Gasteiger partial charge in [0.05, 0.1) is 24.1 Å². The highest BCUT2D eigenvalue weighted by atomic mass is 16.2. The second kappa shape index (κ2) is 3.89. The summed E-state index contributed by atoms with van der Waals surface area (Å²) in [6, 6.07) is 9.75. The molecule has 2 rings (SSSR count). The third kappa shape index (κ3) is 2.03. The number of amides is 1. The van der Waals surface area contributed by atoms with Gasteiger partial charge < -0.3 is 4.90 Å². The van der Waals surface area contributed by atoms with Crippen LogP contribution in [-0.2, 0) is 4.79 Å². The highest BCUT2D eigenvalue weighted by molar-refractivity contribution is 5.84. The highest BCUT2D eigenvalue weighted by Gasteiger charge is 2.43. The SMILES string of the molecule is CC(C)(C)N1C(=O)C[C@H]1c1ccc(C#N)cc1. The molecule has 0 aliphatic carbocycles. The van der Waals surface area contributed by atoms with Crippen LogP contribution in [0.15, 0.2) is 24.3 Å². The smallest absolute Gasteiger partial charge is 0.225 e. The van der Waals surface area contributed by atoms with Crippen LogP contribution in [0.2, 0.25) is 0 Å². The standard InChI is InChI=1S/C14H16N2O/c1-14(2,3)16-12(8-13(16)17)11-6-4-10(9-15)5-7-11/h4-7,12H,8H2,1-3H3/t12-/m0/s1. The van der Waals surface area contributed by atoms with E-state index in [1.807, 2.05) is 37.8 Å². The van der Waals surface area contributed by atoms with Crippen molar-refractivity contribution in [3.8, 4) is 6.07 Å². The quantitative estimate of drug-likeness (QED) is 0.693. The summed E-state index contributed by atoms with van der Waals surface area (Å²) in [4.78, 5) is 13.6. The minimum atomic E-state index is -0.145. The Balaban J connectivity index is 2.24. The van der Waals surface area contributed by atoms with E-state index in [9.17, 15) is 4.79 Å². The molecule has 0 N–H and O–H groups in total. The fourth-order valence-corrected chi connectivity index (χ4v) is 2.30. The van der Waals surface area contributed by atoms with Gasteiger partial charge in [0.1, 0.15) is 0 Å². The lowest BCUT2D eigenvalue weighted by atomic mass is 9.87. The van der Waals surface area contributed by atoms with Crippen LogP contribution in [0.4, 0.5) is 0 Å². The zero-order valence-corrected chi connectivity index (χ0v) is 10.4. The van der Waals surface area contributed by atoms with E-state index in [-0.39, 0.29) is 17.5 Å². The van der Waals surface area contributed by atoms with Crippen LogP contribution in [0.1, 0.15) is 44.4 Å². The van der Waals surface area contributed by atoms with Crippen molar-refractivity contribution in [3.05, 3.63) is 35.4 Å². The molecule has 0 spiro atoms. The molecule has 1 aliphatic heterocycles. The first-order chi connectivity index (χ1) is 7.93. The van der Waals surface area contributed by atoms with Crippen molar-refractivity contribution in [2.75, 3.05) is 0 Å². The molecule has 1 fully saturated rings. The van der Waals surface area contributed by atoms with Crippen molar-refractivity contribution in [2.45, 2.75) is 38.8 Å². The van der Waals surface area contributed by atoms with Gasteiger partial charge in [0.25, 0.3) is 0 Å². The third-order valence-corrected chi connectivity index (χ3v) is 3.10. The summed E-state index contributed by atoms with van der Waals surface area (Å²) in [6.07, 6.45) is 0.573. The normalized spacial score (nSPS) is 19.8. The number of likely N-dealkylation sites (tertiary alicyclic amines) is 1. The van der Waals surface area contributed by atoms with Crippen LogP contribution in [-0.4, -0.2) is 16.3 Å². The van der Waals surface area contributed by atoms with Gasteiger partial charge in [-0.25, -0.2) is 0 Å². The summed E-state index contributed by atoms with van der Waals surface area (Å²) >= 11 is 0. The van der Waals surface area contributed by atoms with E-state index in [4.69, 9.17) is 5.26 Å². The van der Waals surface area contributed by atoms with Crippen molar-refractivity contribution in [1.82, 2.24) is 4.90 Å². The number of nitriles is 1. The van der Waals surface area contributed by atoms with Gasteiger partial charge in [-0.3, -0.25) is 4.79 Å². The molecular weight excluding hydrogens is 212 g/mol. The van der Waals surface area contributed by atoms with Crippen molar-refractivity contribution in [3.63, 3.8) is 0 Å².